The fourth-order valence-corrected chi connectivity index (χ4v) is 0.614. The zero-order valence-corrected chi connectivity index (χ0v) is 7.00. The third kappa shape index (κ3) is 1.86. The van der Waals surface area contributed by atoms with Gasteiger partial charge in [0.15, 0.2) is 11.3 Å². The lowest BCUT2D eigenvalue weighted by Gasteiger charge is -2.33. The van der Waals surface area contributed by atoms with E-state index in [-0.39, 0.29) is 0 Å². The van der Waals surface area contributed by atoms with Crippen molar-refractivity contribution in [2.24, 2.45) is 5.73 Å². The second-order valence-electron chi connectivity index (χ2n) is 3.09. The fraction of sp³-hybridized carbons (Fsp3) is 1.00. The van der Waals surface area contributed by atoms with Crippen LogP contribution in [-0.4, -0.2) is 24.1 Å². The molecule has 2 N–H and O–H groups in total. The Bertz CT molecular complexity index is 132. The Morgan fingerprint density at radius 2 is 1.73 bits per heavy atom. The predicted molar refractivity (Wildman–Crippen MR) is 38.7 cm³/mol. The summed E-state index contributed by atoms with van der Waals surface area (Å²) in [6.07, 6.45) is -1.86. The van der Waals surface area contributed by atoms with Crippen molar-refractivity contribution in [3.8, 4) is 0 Å². The summed E-state index contributed by atoms with van der Waals surface area (Å²) in [5, 5.41) is 0. The van der Waals surface area contributed by atoms with Gasteiger partial charge < -0.3 is 5.73 Å². The third-order valence-corrected chi connectivity index (χ3v) is 2.15. The van der Waals surface area contributed by atoms with Gasteiger partial charge in [-0.05, 0) is 20.8 Å². The van der Waals surface area contributed by atoms with Crippen LogP contribution in [0.5, 0.6) is 0 Å². The number of nitrogens with two attached hydrogens (primary N) is 1. The molecule has 3 atom stereocenters. The molecule has 0 heterocycles. The summed E-state index contributed by atoms with van der Waals surface area (Å²) in [6.45, 7) is 2.30. The van der Waals surface area contributed by atoms with Crippen molar-refractivity contribution in [2.75, 3.05) is 6.54 Å². The van der Waals surface area contributed by atoms with Crippen LogP contribution in [0.3, 0.4) is 0 Å². The Morgan fingerprint density at radius 3 is 1.82 bits per heavy atom. The van der Waals surface area contributed by atoms with Crippen LogP contribution in [0.25, 0.3) is 0 Å². The number of hydrogen-bond donors (Lipinski definition) is 1. The molecule has 0 radical (unpaired) electrons. The first-order valence-electron chi connectivity index (χ1n) is 3.47. The van der Waals surface area contributed by atoms with E-state index in [0.717, 1.165) is 20.8 Å². The molecule has 4 heteroatoms. The highest BCUT2D eigenvalue weighted by Crippen LogP contribution is 2.33. The average Bonchev–Trinajstić information content (AvgIpc) is 1.87. The zero-order valence-electron chi connectivity index (χ0n) is 7.00. The molecule has 2 unspecified atom stereocenters. The van der Waals surface area contributed by atoms with E-state index in [1.165, 1.54) is 0 Å². The van der Waals surface area contributed by atoms with Crippen molar-refractivity contribution in [1.29, 1.82) is 0 Å². The van der Waals surface area contributed by atoms with Crippen molar-refractivity contribution < 1.29 is 13.2 Å². The Hall–Kier alpha value is -0.250. The van der Waals surface area contributed by atoms with Gasteiger partial charge in [0.05, 0.1) is 0 Å². The molecule has 0 saturated carbocycles. The molecule has 0 aromatic carbocycles. The van der Waals surface area contributed by atoms with Crippen LogP contribution in [0.1, 0.15) is 20.8 Å². The highest BCUT2D eigenvalue weighted by atomic mass is 19.2. The van der Waals surface area contributed by atoms with Crippen molar-refractivity contribution >= 4 is 0 Å². The van der Waals surface area contributed by atoms with Gasteiger partial charge in [-0.1, -0.05) is 0 Å². The van der Waals surface area contributed by atoms with Gasteiger partial charge >= 0.3 is 0 Å². The molecule has 0 aliphatic heterocycles. The molecule has 0 spiro atoms. The molecule has 0 aliphatic carbocycles. The predicted octanol–water partition coefficient (Wildman–Crippen LogP) is 1.76. The second-order valence-corrected chi connectivity index (χ2v) is 3.09. The maximum absolute atomic E-state index is 13.2. The molecule has 0 aromatic rings. The molecule has 0 aromatic heterocycles. The maximum atomic E-state index is 13.2. The first kappa shape index (κ1) is 10.8. The topological polar surface area (TPSA) is 26.0 Å². The van der Waals surface area contributed by atoms with Crippen molar-refractivity contribution in [3.63, 3.8) is 0 Å². The molecule has 68 valence electrons. The van der Waals surface area contributed by atoms with Crippen molar-refractivity contribution in [3.05, 3.63) is 0 Å². The minimum absolute atomic E-state index is 0.520. The molecule has 0 rings (SSSR count). The molecule has 0 saturated heterocycles. The van der Waals surface area contributed by atoms with Gasteiger partial charge in [0.2, 0.25) is 0 Å². The van der Waals surface area contributed by atoms with Crippen LogP contribution in [0, 0.1) is 0 Å². The van der Waals surface area contributed by atoms with Crippen LogP contribution in [0.2, 0.25) is 0 Å². The summed E-state index contributed by atoms with van der Waals surface area (Å²) < 4.78 is 38.8. The quantitative estimate of drug-likeness (QED) is 0.684. The SMILES string of the molecule is CC(F)C(C)(F)[C@@](C)(F)CN. The van der Waals surface area contributed by atoms with E-state index in [9.17, 15) is 13.2 Å². The van der Waals surface area contributed by atoms with Crippen LogP contribution >= 0.6 is 0 Å². The standard InChI is InChI=1S/C7H14F3N/c1-5(8)7(3,10)6(2,9)4-11/h5H,4,11H2,1-3H3/t5?,6-,7?/m0/s1. The summed E-state index contributed by atoms with van der Waals surface area (Å²) in [4.78, 5) is 0. The minimum atomic E-state index is -2.51. The van der Waals surface area contributed by atoms with E-state index >= 15 is 0 Å². The van der Waals surface area contributed by atoms with E-state index in [1.54, 1.807) is 0 Å². The Balaban J connectivity index is 4.53. The maximum Gasteiger partial charge on any atom is 0.173 e. The third-order valence-electron chi connectivity index (χ3n) is 2.15. The summed E-state index contributed by atoms with van der Waals surface area (Å²) in [6, 6.07) is 0. The molecule has 0 fully saturated rings. The first-order valence-corrected chi connectivity index (χ1v) is 3.47. The molecule has 0 amide bonds. The van der Waals surface area contributed by atoms with E-state index in [4.69, 9.17) is 5.73 Å². The van der Waals surface area contributed by atoms with E-state index in [0.29, 0.717) is 0 Å². The smallest absolute Gasteiger partial charge is 0.173 e. The summed E-state index contributed by atoms with van der Waals surface area (Å²) in [5.74, 6) is 0. The molecule has 1 nitrogen and oxygen atoms in total. The minimum Gasteiger partial charge on any atom is -0.327 e. The average molecular weight is 169 g/mol. The van der Waals surface area contributed by atoms with Crippen molar-refractivity contribution in [1.82, 2.24) is 0 Å². The lowest BCUT2D eigenvalue weighted by Crippen LogP contribution is -2.53. The van der Waals surface area contributed by atoms with Crippen molar-refractivity contribution in [2.45, 2.75) is 38.3 Å². The molecule has 0 bridgehead atoms. The summed E-state index contributed by atoms with van der Waals surface area (Å²) >= 11 is 0. The lowest BCUT2D eigenvalue weighted by molar-refractivity contribution is -0.0569. The van der Waals surface area contributed by atoms with Crippen LogP contribution in [0.4, 0.5) is 13.2 Å². The normalized spacial score (nSPS) is 25.4. The van der Waals surface area contributed by atoms with E-state index < -0.39 is 24.1 Å². The highest BCUT2D eigenvalue weighted by molar-refractivity contribution is 4.98. The van der Waals surface area contributed by atoms with Gasteiger partial charge in [0.1, 0.15) is 6.17 Å². The van der Waals surface area contributed by atoms with Gasteiger partial charge in [0.25, 0.3) is 0 Å². The summed E-state index contributed by atoms with van der Waals surface area (Å²) in [5.41, 5.74) is 0.132. The van der Waals surface area contributed by atoms with Gasteiger partial charge in [-0.25, -0.2) is 13.2 Å². The molecule has 0 aliphatic rings. The van der Waals surface area contributed by atoms with Gasteiger partial charge in [0, 0.05) is 6.54 Å². The van der Waals surface area contributed by atoms with Gasteiger partial charge in [-0.15, -0.1) is 0 Å². The Kier molecular flexibility index (Phi) is 2.94. The molecular weight excluding hydrogens is 155 g/mol. The molecular formula is C7H14F3N. The Labute approximate surface area is 64.8 Å². The Morgan fingerprint density at radius 1 is 1.36 bits per heavy atom. The number of halogens is 3. The summed E-state index contributed by atoms with van der Waals surface area (Å²) in [7, 11) is 0. The second kappa shape index (κ2) is 3.01. The lowest BCUT2D eigenvalue weighted by atomic mass is 9.86. The number of rotatable bonds is 3. The van der Waals surface area contributed by atoms with Crippen LogP contribution in [0.15, 0.2) is 0 Å². The highest BCUT2D eigenvalue weighted by Gasteiger charge is 2.49. The van der Waals surface area contributed by atoms with E-state index in [1.807, 2.05) is 0 Å². The van der Waals surface area contributed by atoms with Gasteiger partial charge in [-0.3, -0.25) is 0 Å². The zero-order chi connectivity index (χ0) is 9.28. The molecule has 11 heavy (non-hydrogen) atoms. The number of alkyl halides is 3. The largest absolute Gasteiger partial charge is 0.327 e. The number of hydrogen-bond acceptors (Lipinski definition) is 1. The van der Waals surface area contributed by atoms with Gasteiger partial charge in [-0.2, -0.15) is 0 Å². The van der Waals surface area contributed by atoms with Crippen LogP contribution < -0.4 is 5.73 Å². The fourth-order valence-electron chi connectivity index (χ4n) is 0.614. The van der Waals surface area contributed by atoms with E-state index in [2.05, 4.69) is 0 Å². The first-order chi connectivity index (χ1) is 4.75. The van der Waals surface area contributed by atoms with Crippen LogP contribution in [-0.2, 0) is 0 Å². The monoisotopic (exact) mass is 169 g/mol.